The lowest BCUT2D eigenvalue weighted by molar-refractivity contribution is -0.127. The summed E-state index contributed by atoms with van der Waals surface area (Å²) in [5.74, 6) is -2.45. The molecular weight excluding hydrogens is 395 g/mol. The van der Waals surface area contributed by atoms with Gasteiger partial charge in [-0.15, -0.1) is 0 Å². The zero-order valence-electron chi connectivity index (χ0n) is 16.2. The van der Waals surface area contributed by atoms with Crippen molar-refractivity contribution in [1.29, 1.82) is 0 Å². The number of aromatic amines is 1. The van der Waals surface area contributed by atoms with Crippen molar-refractivity contribution in [3.05, 3.63) is 59.4 Å². The van der Waals surface area contributed by atoms with Gasteiger partial charge in [0.15, 0.2) is 0 Å². The van der Waals surface area contributed by atoms with Crippen molar-refractivity contribution >= 4 is 22.7 Å². The molecule has 8 heteroatoms. The van der Waals surface area contributed by atoms with Gasteiger partial charge in [-0.05, 0) is 61.2 Å². The molecular formula is C22H20F3N3O2. The molecule has 3 N–H and O–H groups in total. The lowest BCUT2D eigenvalue weighted by Crippen LogP contribution is -2.40. The number of aromatic nitrogens is 1. The number of aryl methyl sites for hydroxylation is 1. The molecule has 2 amide bonds. The van der Waals surface area contributed by atoms with E-state index < -0.39 is 23.5 Å². The van der Waals surface area contributed by atoms with Crippen molar-refractivity contribution in [2.24, 2.45) is 0 Å². The highest BCUT2D eigenvalue weighted by molar-refractivity contribution is 5.93. The minimum Gasteiger partial charge on any atom is -0.352 e. The molecule has 2 atom stereocenters. The van der Waals surface area contributed by atoms with Gasteiger partial charge in [0.2, 0.25) is 11.8 Å². The van der Waals surface area contributed by atoms with Crippen LogP contribution in [0.4, 0.5) is 13.2 Å². The number of fused-ring (bicyclic) bond motifs is 1. The fourth-order valence-corrected chi connectivity index (χ4v) is 3.89. The molecule has 0 radical (unpaired) electrons. The highest BCUT2D eigenvalue weighted by Gasteiger charge is 2.30. The zero-order chi connectivity index (χ0) is 21.4. The third kappa shape index (κ3) is 3.90. The first kappa shape index (κ1) is 20.0. The fourth-order valence-electron chi connectivity index (χ4n) is 3.89. The topological polar surface area (TPSA) is 74.0 Å². The van der Waals surface area contributed by atoms with Crippen LogP contribution in [0.5, 0.6) is 0 Å². The van der Waals surface area contributed by atoms with Gasteiger partial charge in [0, 0.05) is 29.6 Å². The fraction of sp³-hybridized carbons (Fsp3) is 0.273. The normalized spacial score (nSPS) is 18.6. The van der Waals surface area contributed by atoms with E-state index in [0.717, 1.165) is 6.07 Å². The molecule has 0 aliphatic carbocycles. The van der Waals surface area contributed by atoms with Gasteiger partial charge in [-0.1, -0.05) is 0 Å². The summed E-state index contributed by atoms with van der Waals surface area (Å²) in [6.45, 7) is 1.86. The maximum atomic E-state index is 14.3. The number of H-pyrrole nitrogens is 1. The molecule has 156 valence electrons. The monoisotopic (exact) mass is 415 g/mol. The first-order valence-electron chi connectivity index (χ1n) is 9.67. The Morgan fingerprint density at radius 3 is 2.53 bits per heavy atom. The largest absolute Gasteiger partial charge is 0.352 e. The van der Waals surface area contributed by atoms with Crippen molar-refractivity contribution in [3.8, 4) is 11.3 Å². The molecule has 5 nitrogen and oxygen atoms in total. The SMILES string of the molecule is CC1C[C@H](NC(=O)CCc2c(-c3ccc(F)cc3)[nH]c3c(F)cc(F)cc23)C(=O)N1. The van der Waals surface area contributed by atoms with Crippen LogP contribution in [0.25, 0.3) is 22.2 Å². The molecule has 1 saturated heterocycles. The molecule has 1 aliphatic heterocycles. The van der Waals surface area contributed by atoms with Crippen LogP contribution in [0.1, 0.15) is 25.3 Å². The summed E-state index contributed by atoms with van der Waals surface area (Å²) in [7, 11) is 0. The Kier molecular flexibility index (Phi) is 5.24. The lowest BCUT2D eigenvalue weighted by Gasteiger charge is -2.11. The van der Waals surface area contributed by atoms with Crippen molar-refractivity contribution < 1.29 is 22.8 Å². The van der Waals surface area contributed by atoms with Crippen molar-refractivity contribution in [1.82, 2.24) is 15.6 Å². The van der Waals surface area contributed by atoms with E-state index in [9.17, 15) is 22.8 Å². The molecule has 1 fully saturated rings. The van der Waals surface area contributed by atoms with Gasteiger partial charge >= 0.3 is 0 Å². The Bertz CT molecular complexity index is 1120. The van der Waals surface area contributed by atoms with Gasteiger partial charge in [0.25, 0.3) is 0 Å². The second kappa shape index (κ2) is 7.85. The molecule has 1 aliphatic rings. The average molecular weight is 415 g/mol. The number of nitrogens with one attached hydrogen (secondary N) is 3. The van der Waals surface area contributed by atoms with E-state index in [-0.39, 0.29) is 36.2 Å². The molecule has 2 aromatic carbocycles. The number of carbonyl (C=O) groups excluding carboxylic acids is 2. The molecule has 2 heterocycles. The number of benzene rings is 2. The highest BCUT2D eigenvalue weighted by atomic mass is 19.1. The number of carbonyl (C=O) groups is 2. The molecule has 1 unspecified atom stereocenters. The van der Waals surface area contributed by atoms with E-state index in [1.165, 1.54) is 30.3 Å². The summed E-state index contributed by atoms with van der Waals surface area (Å²) in [6.07, 6.45) is 0.720. The predicted molar refractivity (Wildman–Crippen MR) is 106 cm³/mol. The number of rotatable bonds is 5. The van der Waals surface area contributed by atoms with Crippen LogP contribution >= 0.6 is 0 Å². The molecule has 3 aromatic rings. The van der Waals surface area contributed by atoms with Crippen LogP contribution in [0.3, 0.4) is 0 Å². The van der Waals surface area contributed by atoms with Crippen LogP contribution in [0, 0.1) is 17.5 Å². The summed E-state index contributed by atoms with van der Waals surface area (Å²) >= 11 is 0. The number of amides is 2. The smallest absolute Gasteiger partial charge is 0.242 e. The molecule has 0 saturated carbocycles. The van der Waals surface area contributed by atoms with Crippen LogP contribution in [-0.4, -0.2) is 28.9 Å². The van der Waals surface area contributed by atoms with E-state index in [2.05, 4.69) is 15.6 Å². The predicted octanol–water partition coefficient (Wildman–Crippen LogP) is 3.58. The zero-order valence-corrected chi connectivity index (χ0v) is 16.2. The number of hydrogen-bond acceptors (Lipinski definition) is 2. The van der Waals surface area contributed by atoms with Crippen LogP contribution < -0.4 is 10.6 Å². The van der Waals surface area contributed by atoms with Crippen LogP contribution in [-0.2, 0) is 16.0 Å². The minimum absolute atomic E-state index is 0.00699. The van der Waals surface area contributed by atoms with Crippen molar-refractivity contribution in [2.75, 3.05) is 0 Å². The Labute approximate surface area is 170 Å². The third-order valence-electron chi connectivity index (χ3n) is 5.30. The second-order valence-electron chi connectivity index (χ2n) is 7.56. The average Bonchev–Trinajstić information content (AvgIpc) is 3.20. The van der Waals surface area contributed by atoms with Crippen molar-refractivity contribution in [2.45, 2.75) is 38.3 Å². The summed E-state index contributed by atoms with van der Waals surface area (Å²) in [5.41, 5.74) is 1.76. The molecule has 1 aromatic heterocycles. The maximum absolute atomic E-state index is 14.3. The molecule has 0 bridgehead atoms. The summed E-state index contributed by atoms with van der Waals surface area (Å²) < 4.78 is 41.5. The number of halogens is 3. The summed E-state index contributed by atoms with van der Waals surface area (Å²) in [4.78, 5) is 27.2. The van der Waals surface area contributed by atoms with Crippen molar-refractivity contribution in [3.63, 3.8) is 0 Å². The Hall–Kier alpha value is -3.29. The van der Waals surface area contributed by atoms with Gasteiger partial charge in [-0.3, -0.25) is 9.59 Å². The Morgan fingerprint density at radius 1 is 1.13 bits per heavy atom. The number of hydrogen-bond donors (Lipinski definition) is 3. The van der Waals surface area contributed by atoms with Gasteiger partial charge in [-0.2, -0.15) is 0 Å². The second-order valence-corrected chi connectivity index (χ2v) is 7.56. The third-order valence-corrected chi connectivity index (χ3v) is 5.30. The first-order valence-corrected chi connectivity index (χ1v) is 9.67. The molecule has 30 heavy (non-hydrogen) atoms. The van der Waals surface area contributed by atoms with Gasteiger partial charge in [-0.25, -0.2) is 13.2 Å². The molecule has 4 rings (SSSR count). The highest BCUT2D eigenvalue weighted by Crippen LogP contribution is 2.33. The Balaban J connectivity index is 1.63. The van der Waals surface area contributed by atoms with E-state index >= 15 is 0 Å². The van der Waals surface area contributed by atoms with Gasteiger partial charge in [0.1, 0.15) is 23.5 Å². The standard InChI is InChI=1S/C22H20F3N3O2/c1-11-8-18(22(30)26-11)27-19(29)7-6-15-16-9-14(24)10-17(25)21(16)28-20(15)12-2-4-13(23)5-3-12/h2-5,9-11,18,28H,6-8H2,1H3,(H,26,30)(H,27,29)/t11?,18-/m0/s1. The minimum atomic E-state index is -0.749. The van der Waals surface area contributed by atoms with Crippen LogP contribution in [0.2, 0.25) is 0 Å². The van der Waals surface area contributed by atoms with E-state index in [0.29, 0.717) is 28.6 Å². The van der Waals surface area contributed by atoms with Gasteiger partial charge in [0.05, 0.1) is 5.52 Å². The van der Waals surface area contributed by atoms with E-state index in [4.69, 9.17) is 0 Å². The molecule has 0 spiro atoms. The Morgan fingerprint density at radius 2 is 1.87 bits per heavy atom. The van der Waals surface area contributed by atoms with E-state index in [1.54, 1.807) is 0 Å². The quantitative estimate of drug-likeness (QED) is 0.596. The maximum Gasteiger partial charge on any atom is 0.242 e. The van der Waals surface area contributed by atoms with E-state index in [1.807, 2.05) is 6.92 Å². The first-order chi connectivity index (χ1) is 14.3. The lowest BCUT2D eigenvalue weighted by atomic mass is 10.0. The van der Waals surface area contributed by atoms with Gasteiger partial charge < -0.3 is 15.6 Å². The van der Waals surface area contributed by atoms with Crippen LogP contribution in [0.15, 0.2) is 36.4 Å². The summed E-state index contributed by atoms with van der Waals surface area (Å²) in [5, 5.41) is 5.77. The summed E-state index contributed by atoms with van der Waals surface area (Å²) in [6, 6.07) is 7.01.